The molecule has 0 radical (unpaired) electrons. The summed E-state index contributed by atoms with van der Waals surface area (Å²) in [5.41, 5.74) is 3.16. The number of ether oxygens (including phenoxy) is 1. The first-order valence-electron chi connectivity index (χ1n) is 8.27. The second kappa shape index (κ2) is 9.34. The molecule has 3 rings (SSSR count). The molecule has 0 aliphatic heterocycles. The van der Waals surface area contributed by atoms with Crippen molar-refractivity contribution in [3.05, 3.63) is 83.3 Å². The van der Waals surface area contributed by atoms with Crippen LogP contribution in [0.5, 0.6) is 5.75 Å². The van der Waals surface area contributed by atoms with E-state index in [1.165, 1.54) is 18.5 Å². The minimum absolute atomic E-state index is 0.0928. The number of esters is 1. The third kappa shape index (κ3) is 5.78. The Morgan fingerprint density at radius 2 is 1.69 bits per heavy atom. The highest BCUT2D eigenvalue weighted by Gasteiger charge is 2.13. The molecule has 0 spiro atoms. The third-order valence-corrected chi connectivity index (χ3v) is 3.75. The standard InChI is InChI=1S/C20H14ClN3O5/c21-14-5-7-15(8-6-14)23-18(25)19(26)24-22-12-13-3-9-16(10-4-13)29-20(27)17-2-1-11-28-17/h1-12H,(H,23,25)(H,24,26)/b22-12-. The van der Waals surface area contributed by atoms with Crippen LogP contribution in [-0.2, 0) is 9.59 Å². The third-order valence-electron chi connectivity index (χ3n) is 3.50. The Morgan fingerprint density at radius 1 is 0.966 bits per heavy atom. The van der Waals surface area contributed by atoms with E-state index in [9.17, 15) is 14.4 Å². The molecular weight excluding hydrogens is 398 g/mol. The maximum Gasteiger partial charge on any atom is 0.379 e. The van der Waals surface area contributed by atoms with Crippen LogP contribution in [0.2, 0.25) is 5.02 Å². The zero-order chi connectivity index (χ0) is 20.6. The van der Waals surface area contributed by atoms with E-state index in [2.05, 4.69) is 15.8 Å². The van der Waals surface area contributed by atoms with Gasteiger partial charge in [-0.1, -0.05) is 11.6 Å². The maximum absolute atomic E-state index is 11.8. The first-order valence-corrected chi connectivity index (χ1v) is 8.65. The quantitative estimate of drug-likeness (QED) is 0.220. The maximum atomic E-state index is 11.8. The van der Waals surface area contributed by atoms with Gasteiger partial charge in [-0.25, -0.2) is 10.2 Å². The molecule has 9 heteroatoms. The van der Waals surface area contributed by atoms with E-state index in [0.717, 1.165) is 0 Å². The predicted molar refractivity (Wildman–Crippen MR) is 106 cm³/mol. The Bertz CT molecular complexity index is 1030. The number of anilines is 1. The molecule has 0 saturated carbocycles. The summed E-state index contributed by atoms with van der Waals surface area (Å²) in [4.78, 5) is 35.3. The number of benzene rings is 2. The predicted octanol–water partition coefficient (Wildman–Crippen LogP) is 3.24. The average Bonchev–Trinajstić information content (AvgIpc) is 3.26. The van der Waals surface area contributed by atoms with Crippen LogP contribution in [0.4, 0.5) is 5.69 Å². The zero-order valence-electron chi connectivity index (χ0n) is 14.8. The van der Waals surface area contributed by atoms with Crippen molar-refractivity contribution in [2.45, 2.75) is 0 Å². The number of nitrogens with one attached hydrogen (secondary N) is 2. The Kier molecular flexibility index (Phi) is 6.39. The van der Waals surface area contributed by atoms with Gasteiger partial charge in [0.2, 0.25) is 5.76 Å². The summed E-state index contributed by atoms with van der Waals surface area (Å²) < 4.78 is 10.1. The lowest BCUT2D eigenvalue weighted by Crippen LogP contribution is -2.32. The number of furan rings is 1. The van der Waals surface area contributed by atoms with Crippen LogP contribution in [0.15, 0.2) is 76.4 Å². The van der Waals surface area contributed by atoms with E-state index in [1.54, 1.807) is 54.6 Å². The monoisotopic (exact) mass is 411 g/mol. The highest BCUT2D eigenvalue weighted by Crippen LogP contribution is 2.14. The van der Waals surface area contributed by atoms with Gasteiger partial charge in [-0.05, 0) is 66.2 Å². The number of hydrogen-bond acceptors (Lipinski definition) is 6. The van der Waals surface area contributed by atoms with Crippen LogP contribution in [0, 0.1) is 0 Å². The van der Waals surface area contributed by atoms with Crippen molar-refractivity contribution in [3.63, 3.8) is 0 Å². The fourth-order valence-electron chi connectivity index (χ4n) is 2.11. The van der Waals surface area contributed by atoms with Gasteiger partial charge in [0.15, 0.2) is 0 Å². The van der Waals surface area contributed by atoms with Crippen molar-refractivity contribution in [1.82, 2.24) is 5.43 Å². The van der Waals surface area contributed by atoms with Crippen molar-refractivity contribution in [3.8, 4) is 5.75 Å². The molecule has 146 valence electrons. The lowest BCUT2D eigenvalue weighted by Gasteiger charge is -2.04. The molecule has 2 amide bonds. The fourth-order valence-corrected chi connectivity index (χ4v) is 2.24. The molecule has 0 fully saturated rings. The number of amides is 2. The summed E-state index contributed by atoms with van der Waals surface area (Å²) in [5.74, 6) is -2.01. The molecule has 1 aromatic heterocycles. The van der Waals surface area contributed by atoms with Gasteiger partial charge in [-0.15, -0.1) is 0 Å². The molecule has 0 bridgehead atoms. The van der Waals surface area contributed by atoms with E-state index < -0.39 is 17.8 Å². The molecule has 0 saturated heterocycles. The highest BCUT2D eigenvalue weighted by molar-refractivity contribution is 6.39. The van der Waals surface area contributed by atoms with Crippen molar-refractivity contribution in [2.75, 3.05) is 5.32 Å². The van der Waals surface area contributed by atoms with Crippen molar-refractivity contribution >= 4 is 41.3 Å². The Labute approximate surface area is 170 Å². The van der Waals surface area contributed by atoms with E-state index in [1.807, 2.05) is 0 Å². The van der Waals surface area contributed by atoms with Gasteiger partial charge in [0.05, 0.1) is 12.5 Å². The average molecular weight is 412 g/mol. The van der Waals surface area contributed by atoms with Crippen LogP contribution in [0.1, 0.15) is 16.1 Å². The van der Waals surface area contributed by atoms with Crippen LogP contribution in [-0.4, -0.2) is 24.0 Å². The lowest BCUT2D eigenvalue weighted by molar-refractivity contribution is -0.136. The van der Waals surface area contributed by atoms with Crippen LogP contribution in [0.25, 0.3) is 0 Å². The number of nitrogens with zero attached hydrogens (tertiary/aromatic N) is 1. The van der Waals surface area contributed by atoms with Gasteiger partial charge in [0.1, 0.15) is 5.75 Å². The van der Waals surface area contributed by atoms with E-state index in [4.69, 9.17) is 20.8 Å². The zero-order valence-corrected chi connectivity index (χ0v) is 15.6. The number of hydrogen-bond donors (Lipinski definition) is 2. The summed E-state index contributed by atoms with van der Waals surface area (Å²) in [6.07, 6.45) is 2.71. The van der Waals surface area contributed by atoms with Crippen molar-refractivity contribution < 1.29 is 23.5 Å². The Morgan fingerprint density at radius 3 is 2.34 bits per heavy atom. The highest BCUT2D eigenvalue weighted by atomic mass is 35.5. The van der Waals surface area contributed by atoms with Gasteiger partial charge < -0.3 is 14.5 Å². The largest absolute Gasteiger partial charge is 0.457 e. The van der Waals surface area contributed by atoms with E-state index in [-0.39, 0.29) is 5.76 Å². The SMILES string of the molecule is O=C(N/N=C\c1ccc(OC(=O)c2ccco2)cc1)C(=O)Nc1ccc(Cl)cc1. The van der Waals surface area contributed by atoms with Crippen LogP contribution >= 0.6 is 11.6 Å². The minimum Gasteiger partial charge on any atom is -0.457 e. The van der Waals surface area contributed by atoms with Gasteiger partial charge in [-0.3, -0.25) is 9.59 Å². The molecule has 0 aliphatic rings. The second-order valence-corrected chi connectivity index (χ2v) is 6.03. The van der Waals surface area contributed by atoms with Crippen molar-refractivity contribution in [2.24, 2.45) is 5.10 Å². The number of carbonyl (C=O) groups is 3. The van der Waals surface area contributed by atoms with Gasteiger partial charge in [-0.2, -0.15) is 5.10 Å². The smallest absolute Gasteiger partial charge is 0.379 e. The second-order valence-electron chi connectivity index (χ2n) is 5.60. The number of halogens is 1. The van der Waals surface area contributed by atoms with E-state index >= 15 is 0 Å². The van der Waals surface area contributed by atoms with Crippen LogP contribution < -0.4 is 15.5 Å². The minimum atomic E-state index is -0.930. The van der Waals surface area contributed by atoms with Gasteiger partial charge in [0.25, 0.3) is 0 Å². The number of carbonyl (C=O) groups excluding carboxylic acids is 3. The van der Waals surface area contributed by atoms with Gasteiger partial charge in [0, 0.05) is 10.7 Å². The normalized spacial score (nSPS) is 10.5. The summed E-state index contributed by atoms with van der Waals surface area (Å²) in [5, 5.41) is 6.65. The Balaban J connectivity index is 1.49. The number of hydrazone groups is 1. The fraction of sp³-hybridized carbons (Fsp3) is 0. The van der Waals surface area contributed by atoms with Crippen LogP contribution in [0.3, 0.4) is 0 Å². The topological polar surface area (TPSA) is 110 Å². The summed E-state index contributed by atoms with van der Waals surface area (Å²) >= 11 is 5.76. The molecule has 0 unspecified atom stereocenters. The molecule has 3 aromatic rings. The first kappa shape index (κ1) is 19.8. The van der Waals surface area contributed by atoms with E-state index in [0.29, 0.717) is 22.0 Å². The molecule has 0 aliphatic carbocycles. The molecule has 8 nitrogen and oxygen atoms in total. The molecule has 1 heterocycles. The molecular formula is C20H14ClN3O5. The van der Waals surface area contributed by atoms with Crippen molar-refractivity contribution in [1.29, 1.82) is 0 Å². The van der Waals surface area contributed by atoms with Gasteiger partial charge >= 0.3 is 17.8 Å². The summed E-state index contributed by atoms with van der Waals surface area (Å²) in [6, 6.07) is 15.7. The number of rotatable bonds is 5. The first-order chi connectivity index (χ1) is 14.0. The molecule has 29 heavy (non-hydrogen) atoms. The lowest BCUT2D eigenvalue weighted by atomic mass is 10.2. The molecule has 0 atom stereocenters. The summed E-state index contributed by atoms with van der Waals surface area (Å²) in [7, 11) is 0. The molecule has 2 aromatic carbocycles. The molecule has 2 N–H and O–H groups in total. The Hall–Kier alpha value is -3.91. The summed E-state index contributed by atoms with van der Waals surface area (Å²) in [6.45, 7) is 0.